The molecule has 3 aromatic rings. The maximum atomic E-state index is 12.8. The molecule has 0 saturated carbocycles. The highest BCUT2D eigenvalue weighted by Gasteiger charge is 2.30. The zero-order valence-electron chi connectivity index (χ0n) is 17.6. The van der Waals surface area contributed by atoms with Crippen LogP contribution in [0.3, 0.4) is 0 Å². The van der Waals surface area contributed by atoms with Gasteiger partial charge in [0.1, 0.15) is 0 Å². The second-order valence-corrected chi connectivity index (χ2v) is 8.98. The fourth-order valence-electron chi connectivity index (χ4n) is 3.03. The predicted molar refractivity (Wildman–Crippen MR) is 122 cm³/mol. The summed E-state index contributed by atoms with van der Waals surface area (Å²) in [5.41, 5.74) is 0.533. The number of thioether (sulfide) groups is 2. The molecule has 1 unspecified atom stereocenters. The van der Waals surface area contributed by atoms with E-state index in [0.717, 1.165) is 34.4 Å². The third kappa shape index (κ3) is 6.29. The van der Waals surface area contributed by atoms with Crippen molar-refractivity contribution in [3.8, 4) is 0 Å². The Morgan fingerprint density at radius 1 is 1.09 bits per heavy atom. The average molecular weight is 481 g/mol. The number of carbonyl (C=O) groups excluding carboxylic acids is 1. The summed E-state index contributed by atoms with van der Waals surface area (Å²) < 4.78 is 40.2. The van der Waals surface area contributed by atoms with E-state index in [0.29, 0.717) is 12.2 Å². The maximum absolute atomic E-state index is 12.8. The zero-order valence-corrected chi connectivity index (χ0v) is 19.2. The Hall–Kier alpha value is -2.46. The fraction of sp³-hybridized carbons (Fsp3) is 0.318. The molecule has 1 amide bonds. The van der Waals surface area contributed by atoms with Gasteiger partial charge in [0.05, 0.1) is 11.6 Å². The molecule has 0 fully saturated rings. The standard InChI is InChI=1S/C22H23F3N4OS2/c1-29-19(27-28-21(29)32-14-15-6-4-3-5-7-15)18(12-13-31-2)26-20(30)16-8-10-17(11-9-16)22(23,24)25/h3-11,18H,12-14H2,1-2H3,(H,26,30). The number of hydrogen-bond acceptors (Lipinski definition) is 5. The smallest absolute Gasteiger partial charge is 0.342 e. The summed E-state index contributed by atoms with van der Waals surface area (Å²) in [4.78, 5) is 12.7. The van der Waals surface area contributed by atoms with Crippen LogP contribution in [0.1, 0.15) is 39.8 Å². The Labute approximate surface area is 193 Å². The summed E-state index contributed by atoms with van der Waals surface area (Å²) in [6, 6.07) is 13.8. The van der Waals surface area contributed by atoms with Crippen LogP contribution in [0.15, 0.2) is 59.8 Å². The van der Waals surface area contributed by atoms with Crippen LogP contribution in [0.2, 0.25) is 0 Å². The lowest BCUT2D eigenvalue weighted by atomic mass is 10.1. The molecule has 0 spiro atoms. The van der Waals surface area contributed by atoms with Gasteiger partial charge in [0.25, 0.3) is 5.91 Å². The summed E-state index contributed by atoms with van der Waals surface area (Å²) in [6.45, 7) is 0. The van der Waals surface area contributed by atoms with E-state index >= 15 is 0 Å². The SMILES string of the molecule is CSCCC(NC(=O)c1ccc(C(F)(F)F)cc1)c1nnc(SCc2ccccc2)n1C. The van der Waals surface area contributed by atoms with E-state index in [9.17, 15) is 18.0 Å². The number of benzene rings is 2. The number of nitrogens with zero attached hydrogens (tertiary/aromatic N) is 3. The number of rotatable bonds is 9. The van der Waals surface area contributed by atoms with E-state index in [2.05, 4.69) is 15.5 Å². The molecule has 0 aliphatic rings. The normalized spacial score (nSPS) is 12.5. The summed E-state index contributed by atoms with van der Waals surface area (Å²) >= 11 is 3.18. The van der Waals surface area contributed by atoms with Crippen LogP contribution in [-0.4, -0.2) is 32.7 Å². The van der Waals surface area contributed by atoms with E-state index in [1.165, 1.54) is 12.1 Å². The zero-order chi connectivity index (χ0) is 23.1. The highest BCUT2D eigenvalue weighted by molar-refractivity contribution is 7.98. The van der Waals surface area contributed by atoms with Crippen molar-refractivity contribution < 1.29 is 18.0 Å². The number of aromatic nitrogens is 3. The van der Waals surface area contributed by atoms with E-state index in [1.54, 1.807) is 23.5 Å². The van der Waals surface area contributed by atoms with Gasteiger partial charge in [0.2, 0.25) is 0 Å². The van der Waals surface area contributed by atoms with Crippen molar-refractivity contribution in [2.45, 2.75) is 29.5 Å². The first-order chi connectivity index (χ1) is 15.3. The van der Waals surface area contributed by atoms with Gasteiger partial charge in [-0.3, -0.25) is 4.79 Å². The molecule has 0 aliphatic carbocycles. The number of nitrogens with one attached hydrogen (secondary N) is 1. The van der Waals surface area contributed by atoms with Crippen molar-refractivity contribution in [1.29, 1.82) is 0 Å². The number of carbonyl (C=O) groups is 1. The van der Waals surface area contributed by atoms with E-state index in [4.69, 9.17) is 0 Å². The minimum Gasteiger partial charge on any atom is -0.342 e. The van der Waals surface area contributed by atoms with Gasteiger partial charge in [0.15, 0.2) is 11.0 Å². The molecular formula is C22H23F3N4OS2. The Bertz CT molecular complexity index is 1020. The largest absolute Gasteiger partial charge is 0.416 e. The molecule has 10 heteroatoms. The van der Waals surface area contributed by atoms with Crippen LogP contribution in [0.4, 0.5) is 13.2 Å². The molecule has 32 heavy (non-hydrogen) atoms. The monoisotopic (exact) mass is 480 g/mol. The van der Waals surface area contributed by atoms with Crippen molar-refractivity contribution in [3.05, 3.63) is 77.1 Å². The van der Waals surface area contributed by atoms with Gasteiger partial charge in [-0.05, 0) is 48.3 Å². The Morgan fingerprint density at radius 2 is 1.78 bits per heavy atom. The topological polar surface area (TPSA) is 59.8 Å². The van der Waals surface area contributed by atoms with Crippen LogP contribution < -0.4 is 5.32 Å². The van der Waals surface area contributed by atoms with Crippen molar-refractivity contribution in [2.75, 3.05) is 12.0 Å². The second kappa shape index (κ2) is 10.9. The molecule has 0 saturated heterocycles. The van der Waals surface area contributed by atoms with Gasteiger partial charge < -0.3 is 9.88 Å². The molecule has 3 rings (SSSR count). The number of alkyl halides is 3. The molecule has 1 heterocycles. The summed E-state index contributed by atoms with van der Waals surface area (Å²) in [5, 5.41) is 12.2. The first-order valence-corrected chi connectivity index (χ1v) is 12.2. The summed E-state index contributed by atoms with van der Waals surface area (Å²) in [6.07, 6.45) is -1.86. The van der Waals surface area contributed by atoms with Gasteiger partial charge in [-0.2, -0.15) is 24.9 Å². The third-order valence-electron chi connectivity index (χ3n) is 4.78. The van der Waals surface area contributed by atoms with Crippen LogP contribution in [0.25, 0.3) is 0 Å². The number of hydrogen-bond donors (Lipinski definition) is 1. The lowest BCUT2D eigenvalue weighted by molar-refractivity contribution is -0.137. The van der Waals surface area contributed by atoms with Gasteiger partial charge in [-0.1, -0.05) is 42.1 Å². The molecule has 0 aliphatic heterocycles. The summed E-state index contributed by atoms with van der Waals surface area (Å²) in [7, 11) is 1.85. The lowest BCUT2D eigenvalue weighted by Crippen LogP contribution is -2.31. The minimum absolute atomic E-state index is 0.160. The van der Waals surface area contributed by atoms with Crippen LogP contribution in [-0.2, 0) is 19.0 Å². The number of amides is 1. The van der Waals surface area contributed by atoms with Crippen LogP contribution >= 0.6 is 23.5 Å². The first kappa shape index (κ1) is 24.2. The van der Waals surface area contributed by atoms with Crippen molar-refractivity contribution in [2.24, 2.45) is 7.05 Å². The number of halogens is 3. The summed E-state index contributed by atoms with van der Waals surface area (Å²) in [5.74, 6) is 1.67. The van der Waals surface area contributed by atoms with Gasteiger partial charge in [-0.25, -0.2) is 0 Å². The Balaban J connectivity index is 1.73. The highest BCUT2D eigenvalue weighted by Crippen LogP contribution is 2.29. The molecule has 170 valence electrons. The second-order valence-electron chi connectivity index (χ2n) is 7.06. The maximum Gasteiger partial charge on any atom is 0.416 e. The molecule has 1 atom stereocenters. The molecule has 0 radical (unpaired) electrons. The molecular weight excluding hydrogens is 457 g/mol. The van der Waals surface area contributed by atoms with E-state index < -0.39 is 23.7 Å². The van der Waals surface area contributed by atoms with Crippen molar-refractivity contribution >= 4 is 29.4 Å². The van der Waals surface area contributed by atoms with Crippen LogP contribution in [0.5, 0.6) is 0 Å². The van der Waals surface area contributed by atoms with Gasteiger partial charge >= 0.3 is 6.18 Å². The Kier molecular flexibility index (Phi) is 8.25. The molecule has 2 aromatic carbocycles. The quantitative estimate of drug-likeness (QED) is 0.419. The fourth-order valence-corrected chi connectivity index (χ4v) is 4.38. The predicted octanol–water partition coefficient (Wildman–Crippen LogP) is 5.35. The van der Waals surface area contributed by atoms with E-state index in [1.807, 2.05) is 48.2 Å². The van der Waals surface area contributed by atoms with Crippen LogP contribution in [0, 0.1) is 0 Å². The minimum atomic E-state index is -4.44. The van der Waals surface area contributed by atoms with Gasteiger partial charge in [-0.15, -0.1) is 10.2 Å². The van der Waals surface area contributed by atoms with E-state index in [-0.39, 0.29) is 5.56 Å². The molecule has 1 N–H and O–H groups in total. The lowest BCUT2D eigenvalue weighted by Gasteiger charge is -2.18. The van der Waals surface area contributed by atoms with Gasteiger partial charge in [0, 0.05) is 18.4 Å². The molecule has 1 aromatic heterocycles. The third-order valence-corrected chi connectivity index (χ3v) is 6.52. The molecule has 0 bridgehead atoms. The Morgan fingerprint density at radius 3 is 2.41 bits per heavy atom. The van der Waals surface area contributed by atoms with Crippen molar-refractivity contribution in [1.82, 2.24) is 20.1 Å². The first-order valence-electron chi connectivity index (χ1n) is 9.82. The molecule has 5 nitrogen and oxygen atoms in total. The highest BCUT2D eigenvalue weighted by atomic mass is 32.2. The van der Waals surface area contributed by atoms with Crippen molar-refractivity contribution in [3.63, 3.8) is 0 Å². The average Bonchev–Trinajstić information content (AvgIpc) is 3.15.